The molecule has 1 saturated heterocycles. The highest BCUT2D eigenvalue weighted by Gasteiger charge is 2.22. The third-order valence-corrected chi connectivity index (χ3v) is 3.90. The van der Waals surface area contributed by atoms with Crippen molar-refractivity contribution in [2.75, 3.05) is 39.3 Å². The Balaban J connectivity index is 1.87. The highest BCUT2D eigenvalue weighted by molar-refractivity contribution is 6.31. The van der Waals surface area contributed by atoms with Gasteiger partial charge in [0.1, 0.15) is 6.61 Å². The van der Waals surface area contributed by atoms with Crippen molar-refractivity contribution in [2.24, 2.45) is 0 Å². The van der Waals surface area contributed by atoms with Gasteiger partial charge in [0, 0.05) is 43.3 Å². The number of carbonyl (C=O) groups is 1. The molecule has 20 heavy (non-hydrogen) atoms. The van der Waals surface area contributed by atoms with E-state index in [0.717, 1.165) is 5.56 Å². The van der Waals surface area contributed by atoms with E-state index >= 15 is 0 Å². The average Bonchev–Trinajstić information content (AvgIpc) is 2.47. The van der Waals surface area contributed by atoms with E-state index in [1.807, 2.05) is 18.2 Å². The maximum atomic E-state index is 11.4. The van der Waals surface area contributed by atoms with Gasteiger partial charge in [-0.25, -0.2) is 0 Å². The fourth-order valence-electron chi connectivity index (χ4n) is 2.37. The van der Waals surface area contributed by atoms with Crippen LogP contribution in [0.3, 0.4) is 0 Å². The molecule has 2 rings (SSSR count). The van der Waals surface area contributed by atoms with Crippen LogP contribution in [0.4, 0.5) is 0 Å². The lowest BCUT2D eigenvalue weighted by Crippen LogP contribution is -2.50. The number of aliphatic hydroxyl groups is 2. The molecule has 1 aromatic carbocycles. The molecule has 6 heteroatoms. The number of aliphatic hydroxyl groups excluding tert-OH is 2. The van der Waals surface area contributed by atoms with Gasteiger partial charge in [-0.3, -0.25) is 9.69 Å². The zero-order valence-electron chi connectivity index (χ0n) is 11.2. The monoisotopic (exact) mass is 298 g/mol. The van der Waals surface area contributed by atoms with Crippen LogP contribution in [0.2, 0.25) is 5.02 Å². The lowest BCUT2D eigenvalue weighted by molar-refractivity contribution is -0.136. The number of hydrogen-bond acceptors (Lipinski definition) is 4. The van der Waals surface area contributed by atoms with Crippen LogP contribution in [-0.2, 0) is 4.79 Å². The van der Waals surface area contributed by atoms with Crippen molar-refractivity contribution in [3.63, 3.8) is 0 Å². The summed E-state index contributed by atoms with van der Waals surface area (Å²) < 4.78 is 0. The largest absolute Gasteiger partial charge is 0.387 e. The predicted molar refractivity (Wildman–Crippen MR) is 76.5 cm³/mol. The molecule has 0 spiro atoms. The second kappa shape index (κ2) is 7.04. The fraction of sp³-hybridized carbons (Fsp3) is 0.500. The Morgan fingerprint density at radius 3 is 2.50 bits per heavy atom. The van der Waals surface area contributed by atoms with Crippen molar-refractivity contribution in [2.45, 2.75) is 6.10 Å². The lowest BCUT2D eigenvalue weighted by Gasteiger charge is -2.35. The summed E-state index contributed by atoms with van der Waals surface area (Å²) in [5, 5.41) is 19.6. The van der Waals surface area contributed by atoms with Crippen molar-refractivity contribution in [1.29, 1.82) is 0 Å². The van der Waals surface area contributed by atoms with Gasteiger partial charge in [0.2, 0.25) is 5.91 Å². The van der Waals surface area contributed by atoms with Crippen molar-refractivity contribution in [3.8, 4) is 0 Å². The van der Waals surface area contributed by atoms with E-state index < -0.39 is 12.7 Å². The summed E-state index contributed by atoms with van der Waals surface area (Å²) in [4.78, 5) is 15.1. The van der Waals surface area contributed by atoms with Crippen LogP contribution >= 0.6 is 11.6 Å². The maximum Gasteiger partial charge on any atom is 0.248 e. The van der Waals surface area contributed by atoms with Crippen LogP contribution < -0.4 is 0 Å². The number of nitrogens with zero attached hydrogens (tertiary/aromatic N) is 2. The van der Waals surface area contributed by atoms with Gasteiger partial charge < -0.3 is 15.1 Å². The molecule has 1 aliphatic heterocycles. The standard InChI is InChI=1S/C14H19ClN2O3/c15-12-4-2-1-3-11(12)13(19)9-16-5-7-17(8-6-16)14(20)10-18/h1-4,13,18-19H,5-10H2. The van der Waals surface area contributed by atoms with Gasteiger partial charge in [0.15, 0.2) is 0 Å². The highest BCUT2D eigenvalue weighted by atomic mass is 35.5. The van der Waals surface area contributed by atoms with Crippen molar-refractivity contribution < 1.29 is 15.0 Å². The minimum atomic E-state index is -0.635. The second-order valence-electron chi connectivity index (χ2n) is 4.88. The molecule has 1 fully saturated rings. The summed E-state index contributed by atoms with van der Waals surface area (Å²) in [5.74, 6) is -0.240. The first-order valence-electron chi connectivity index (χ1n) is 6.65. The zero-order valence-corrected chi connectivity index (χ0v) is 12.0. The molecule has 1 aromatic rings. The molecule has 2 N–H and O–H groups in total. The van der Waals surface area contributed by atoms with Crippen LogP contribution in [0.5, 0.6) is 0 Å². The van der Waals surface area contributed by atoms with Gasteiger partial charge in [-0.1, -0.05) is 29.8 Å². The number of benzene rings is 1. The van der Waals surface area contributed by atoms with Crippen LogP contribution in [0.15, 0.2) is 24.3 Å². The number of piperazine rings is 1. The number of rotatable bonds is 4. The summed E-state index contributed by atoms with van der Waals surface area (Å²) in [6, 6.07) is 7.26. The first-order valence-corrected chi connectivity index (χ1v) is 7.03. The van der Waals surface area contributed by atoms with Crippen LogP contribution in [-0.4, -0.2) is 65.3 Å². The molecule has 0 radical (unpaired) electrons. The molecule has 1 heterocycles. The number of carbonyl (C=O) groups excluding carboxylic acids is 1. The van der Waals surface area contributed by atoms with E-state index in [0.29, 0.717) is 37.7 Å². The third kappa shape index (κ3) is 3.70. The maximum absolute atomic E-state index is 11.4. The van der Waals surface area contributed by atoms with Gasteiger partial charge in [0.05, 0.1) is 6.10 Å². The summed E-state index contributed by atoms with van der Waals surface area (Å²) in [6.07, 6.45) is -0.635. The van der Waals surface area contributed by atoms with Gasteiger partial charge >= 0.3 is 0 Å². The molecule has 110 valence electrons. The summed E-state index contributed by atoms with van der Waals surface area (Å²) >= 11 is 6.06. The Kier molecular flexibility index (Phi) is 5.37. The minimum absolute atomic E-state index is 0.240. The number of β-amino-alcohol motifs (C(OH)–C–C–N with tert-alkyl or cyclic N) is 1. The quantitative estimate of drug-likeness (QED) is 0.850. The molecular formula is C14H19ClN2O3. The van der Waals surface area contributed by atoms with Gasteiger partial charge in [-0.15, -0.1) is 0 Å². The van der Waals surface area contributed by atoms with Gasteiger partial charge in [-0.05, 0) is 6.07 Å². The first-order chi connectivity index (χ1) is 9.61. The van der Waals surface area contributed by atoms with E-state index in [1.165, 1.54) is 0 Å². The molecule has 0 bridgehead atoms. The van der Waals surface area contributed by atoms with E-state index in [2.05, 4.69) is 4.90 Å². The van der Waals surface area contributed by atoms with E-state index in [4.69, 9.17) is 16.7 Å². The summed E-state index contributed by atoms with van der Waals surface area (Å²) in [6.45, 7) is 2.58. The molecular weight excluding hydrogens is 280 g/mol. The number of amides is 1. The van der Waals surface area contributed by atoms with Crippen molar-refractivity contribution >= 4 is 17.5 Å². The Bertz CT molecular complexity index is 461. The van der Waals surface area contributed by atoms with Crippen LogP contribution in [0.1, 0.15) is 11.7 Å². The summed E-state index contributed by atoms with van der Waals surface area (Å²) in [5.41, 5.74) is 0.725. The Hall–Kier alpha value is -1.14. The van der Waals surface area contributed by atoms with E-state index in [9.17, 15) is 9.90 Å². The van der Waals surface area contributed by atoms with E-state index in [1.54, 1.807) is 11.0 Å². The molecule has 5 nitrogen and oxygen atoms in total. The third-order valence-electron chi connectivity index (χ3n) is 3.56. The predicted octanol–water partition coefficient (Wildman–Crippen LogP) is 0.510. The minimum Gasteiger partial charge on any atom is -0.387 e. The normalized spacial score (nSPS) is 18.1. The SMILES string of the molecule is O=C(CO)N1CCN(CC(O)c2ccccc2Cl)CC1. The van der Waals surface area contributed by atoms with Crippen LogP contribution in [0.25, 0.3) is 0 Å². The molecule has 0 aromatic heterocycles. The van der Waals surface area contributed by atoms with Gasteiger partial charge in [-0.2, -0.15) is 0 Å². The first kappa shape index (κ1) is 15.3. The number of hydrogen-bond donors (Lipinski definition) is 2. The van der Waals surface area contributed by atoms with E-state index in [-0.39, 0.29) is 5.91 Å². The highest BCUT2D eigenvalue weighted by Crippen LogP contribution is 2.23. The Morgan fingerprint density at radius 2 is 1.90 bits per heavy atom. The number of halogens is 1. The molecule has 1 aliphatic rings. The molecule has 1 unspecified atom stereocenters. The smallest absolute Gasteiger partial charge is 0.248 e. The average molecular weight is 299 g/mol. The van der Waals surface area contributed by atoms with Crippen molar-refractivity contribution in [1.82, 2.24) is 9.80 Å². The molecule has 1 amide bonds. The fourth-order valence-corrected chi connectivity index (χ4v) is 2.63. The second-order valence-corrected chi connectivity index (χ2v) is 5.28. The zero-order chi connectivity index (χ0) is 14.5. The Labute approximate surface area is 123 Å². The molecule has 0 saturated carbocycles. The lowest BCUT2D eigenvalue weighted by atomic mass is 10.1. The molecule has 0 aliphatic carbocycles. The summed E-state index contributed by atoms with van der Waals surface area (Å²) in [7, 11) is 0. The molecule has 1 atom stereocenters. The van der Waals surface area contributed by atoms with Crippen molar-refractivity contribution in [3.05, 3.63) is 34.9 Å². The van der Waals surface area contributed by atoms with Gasteiger partial charge in [0.25, 0.3) is 0 Å². The van der Waals surface area contributed by atoms with Crippen LogP contribution in [0, 0.1) is 0 Å². The topological polar surface area (TPSA) is 64.0 Å². The Morgan fingerprint density at radius 1 is 1.25 bits per heavy atom.